The highest BCUT2D eigenvalue weighted by Gasteiger charge is 2.25. The third-order valence-corrected chi connectivity index (χ3v) is 7.27. The van der Waals surface area contributed by atoms with Crippen molar-refractivity contribution in [3.05, 3.63) is 29.8 Å². The molecule has 3 rings (SSSR count). The van der Waals surface area contributed by atoms with Gasteiger partial charge < -0.3 is 10.2 Å². The lowest BCUT2D eigenvalue weighted by Gasteiger charge is -2.28. The molecule has 10 heteroatoms. The number of hydrogen-bond donors (Lipinski definition) is 2. The lowest BCUT2D eigenvalue weighted by atomic mass is 9.96. The van der Waals surface area contributed by atoms with E-state index in [4.69, 9.17) is 0 Å². The highest BCUT2D eigenvalue weighted by molar-refractivity contribution is 7.91. The maximum Gasteiger partial charge on any atom is 0.270 e. The molecule has 29 heavy (non-hydrogen) atoms. The number of benzene rings is 1. The number of nitrogens with zero attached hydrogens (tertiary/aromatic N) is 3. The monoisotopic (exact) mass is 437 g/mol. The van der Waals surface area contributed by atoms with Gasteiger partial charge in [0.15, 0.2) is 0 Å². The van der Waals surface area contributed by atoms with E-state index in [0.717, 1.165) is 30.0 Å². The van der Waals surface area contributed by atoms with Gasteiger partial charge in [0.2, 0.25) is 15.4 Å². The summed E-state index contributed by atoms with van der Waals surface area (Å²) in [4.78, 5) is 14.4. The highest BCUT2D eigenvalue weighted by atomic mass is 32.2. The van der Waals surface area contributed by atoms with E-state index in [1.54, 1.807) is 20.8 Å². The maximum absolute atomic E-state index is 12.5. The lowest BCUT2D eigenvalue weighted by Crippen LogP contribution is -2.29. The average molecular weight is 438 g/mol. The summed E-state index contributed by atoms with van der Waals surface area (Å²) in [6.07, 6.45) is 3.70. The average Bonchev–Trinajstić information content (AvgIpc) is 3.16. The predicted molar refractivity (Wildman–Crippen MR) is 115 cm³/mol. The Hall–Kier alpha value is -2.04. The molecule has 1 saturated heterocycles. The molecule has 1 aliphatic rings. The summed E-state index contributed by atoms with van der Waals surface area (Å²) in [5, 5.41) is 10.2. The van der Waals surface area contributed by atoms with Crippen molar-refractivity contribution in [1.29, 1.82) is 0 Å². The van der Waals surface area contributed by atoms with Crippen LogP contribution in [0.4, 0.5) is 10.8 Å². The lowest BCUT2D eigenvalue weighted by molar-refractivity contribution is -0.123. The first-order valence-corrected chi connectivity index (χ1v) is 11.9. The minimum absolute atomic E-state index is 0.159. The van der Waals surface area contributed by atoms with Gasteiger partial charge in [0, 0.05) is 30.7 Å². The third kappa shape index (κ3) is 5.74. The van der Waals surface area contributed by atoms with Crippen LogP contribution in [0.2, 0.25) is 0 Å². The fourth-order valence-electron chi connectivity index (χ4n) is 2.87. The number of carbonyl (C=O) groups excluding carboxylic acids is 1. The van der Waals surface area contributed by atoms with Crippen LogP contribution in [0.5, 0.6) is 0 Å². The van der Waals surface area contributed by atoms with E-state index in [2.05, 4.69) is 25.1 Å². The zero-order valence-electron chi connectivity index (χ0n) is 16.9. The van der Waals surface area contributed by atoms with Gasteiger partial charge in [-0.15, -0.1) is 10.2 Å². The SMILES string of the molecule is CC(C)(C)C(=O)Nc1nnc(S(=O)(=O)NCc2ccc(N3CCCCC3)cc2)s1. The fraction of sp³-hybridized carbons (Fsp3) is 0.526. The Morgan fingerprint density at radius 1 is 1.10 bits per heavy atom. The molecule has 0 aliphatic carbocycles. The molecule has 0 bridgehead atoms. The Morgan fingerprint density at radius 2 is 1.76 bits per heavy atom. The summed E-state index contributed by atoms with van der Waals surface area (Å²) in [5.41, 5.74) is 1.42. The standard InChI is InChI=1S/C19H27N5O3S2/c1-19(2,3)16(25)21-17-22-23-18(28-17)29(26,27)20-13-14-7-9-15(10-8-14)24-11-5-4-6-12-24/h7-10,20H,4-6,11-13H2,1-3H3,(H,21,22,25). The summed E-state index contributed by atoms with van der Waals surface area (Å²) in [6.45, 7) is 7.58. The third-order valence-electron chi connectivity index (χ3n) is 4.66. The van der Waals surface area contributed by atoms with E-state index >= 15 is 0 Å². The van der Waals surface area contributed by atoms with Crippen LogP contribution in [0.15, 0.2) is 28.6 Å². The van der Waals surface area contributed by atoms with Crippen LogP contribution < -0.4 is 14.9 Å². The Morgan fingerprint density at radius 3 is 2.38 bits per heavy atom. The zero-order chi connectivity index (χ0) is 21.1. The Bertz CT molecular complexity index is 943. The topological polar surface area (TPSA) is 104 Å². The molecule has 2 heterocycles. The second-order valence-corrected chi connectivity index (χ2v) is 11.0. The molecule has 1 aromatic heterocycles. The van der Waals surface area contributed by atoms with Gasteiger partial charge in [0.1, 0.15) is 0 Å². The van der Waals surface area contributed by atoms with Gasteiger partial charge in [-0.05, 0) is 37.0 Å². The van der Waals surface area contributed by atoms with Gasteiger partial charge in [0.05, 0.1) is 0 Å². The molecule has 1 aromatic carbocycles. The van der Waals surface area contributed by atoms with Crippen LogP contribution in [-0.4, -0.2) is 37.6 Å². The molecule has 1 amide bonds. The number of hydrogen-bond acceptors (Lipinski definition) is 7. The number of piperidine rings is 1. The van der Waals surface area contributed by atoms with Crippen LogP contribution in [-0.2, 0) is 21.4 Å². The van der Waals surface area contributed by atoms with Gasteiger partial charge in [0.25, 0.3) is 10.0 Å². The first-order chi connectivity index (χ1) is 13.6. The Balaban J connectivity index is 1.59. The van der Waals surface area contributed by atoms with E-state index in [1.165, 1.54) is 24.9 Å². The summed E-state index contributed by atoms with van der Waals surface area (Å²) in [5.74, 6) is -0.251. The molecule has 0 spiro atoms. The number of aromatic nitrogens is 2. The number of carbonyl (C=O) groups is 1. The molecular formula is C19H27N5O3S2. The van der Waals surface area contributed by atoms with Crippen molar-refractivity contribution in [3.63, 3.8) is 0 Å². The van der Waals surface area contributed by atoms with Crippen molar-refractivity contribution in [2.24, 2.45) is 5.41 Å². The van der Waals surface area contributed by atoms with E-state index in [-0.39, 0.29) is 21.9 Å². The van der Waals surface area contributed by atoms with Crippen LogP contribution in [0.25, 0.3) is 0 Å². The van der Waals surface area contributed by atoms with Gasteiger partial charge in [-0.1, -0.05) is 44.2 Å². The summed E-state index contributed by atoms with van der Waals surface area (Å²) < 4.78 is 27.4. The van der Waals surface area contributed by atoms with Crippen molar-refractivity contribution >= 4 is 38.1 Å². The van der Waals surface area contributed by atoms with Crippen LogP contribution in [0, 0.1) is 5.41 Å². The largest absolute Gasteiger partial charge is 0.372 e. The molecule has 1 fully saturated rings. The molecule has 2 N–H and O–H groups in total. The number of nitrogens with one attached hydrogen (secondary N) is 2. The van der Waals surface area contributed by atoms with Gasteiger partial charge >= 0.3 is 0 Å². The number of rotatable bonds is 6. The van der Waals surface area contributed by atoms with Crippen LogP contribution >= 0.6 is 11.3 Å². The molecule has 1 aliphatic heterocycles. The first-order valence-electron chi connectivity index (χ1n) is 9.64. The Kier molecular flexibility index (Phi) is 6.55. The molecule has 0 atom stereocenters. The smallest absolute Gasteiger partial charge is 0.270 e. The second-order valence-electron chi connectivity index (χ2n) is 8.12. The molecular weight excluding hydrogens is 410 g/mol. The van der Waals surface area contributed by atoms with E-state index in [0.29, 0.717) is 0 Å². The van der Waals surface area contributed by atoms with Gasteiger partial charge in [-0.2, -0.15) is 0 Å². The summed E-state index contributed by atoms with van der Waals surface area (Å²) >= 11 is 0.829. The molecule has 0 unspecified atom stereocenters. The van der Waals surface area contributed by atoms with Crippen molar-refractivity contribution in [1.82, 2.24) is 14.9 Å². The Labute approximate surface area is 175 Å². The summed E-state index contributed by atoms with van der Waals surface area (Å²) in [7, 11) is -3.81. The maximum atomic E-state index is 12.5. The molecule has 8 nitrogen and oxygen atoms in total. The highest BCUT2D eigenvalue weighted by Crippen LogP contribution is 2.24. The normalized spacial score (nSPS) is 15.3. The fourth-order valence-corrected chi connectivity index (χ4v) is 4.82. The van der Waals surface area contributed by atoms with Crippen molar-refractivity contribution < 1.29 is 13.2 Å². The first kappa shape index (κ1) is 21.7. The number of anilines is 2. The number of sulfonamides is 1. The quantitative estimate of drug-likeness (QED) is 0.673. The van der Waals surface area contributed by atoms with E-state index in [9.17, 15) is 13.2 Å². The molecule has 0 radical (unpaired) electrons. The van der Waals surface area contributed by atoms with Gasteiger partial charge in [-0.3, -0.25) is 4.79 Å². The zero-order valence-corrected chi connectivity index (χ0v) is 18.6. The van der Waals surface area contributed by atoms with Crippen molar-refractivity contribution in [2.75, 3.05) is 23.3 Å². The minimum atomic E-state index is -3.81. The molecule has 0 saturated carbocycles. The second kappa shape index (κ2) is 8.76. The van der Waals surface area contributed by atoms with Crippen molar-refractivity contribution in [2.45, 2.75) is 50.9 Å². The predicted octanol–water partition coefficient (Wildman–Crippen LogP) is 2.99. The van der Waals surface area contributed by atoms with Crippen LogP contribution in [0.3, 0.4) is 0 Å². The van der Waals surface area contributed by atoms with Crippen LogP contribution in [0.1, 0.15) is 45.6 Å². The van der Waals surface area contributed by atoms with Gasteiger partial charge in [-0.25, -0.2) is 13.1 Å². The van der Waals surface area contributed by atoms with E-state index < -0.39 is 15.4 Å². The molecule has 2 aromatic rings. The number of amides is 1. The minimum Gasteiger partial charge on any atom is -0.372 e. The van der Waals surface area contributed by atoms with E-state index in [1.807, 2.05) is 24.3 Å². The molecule has 158 valence electrons. The summed E-state index contributed by atoms with van der Waals surface area (Å²) in [6, 6.07) is 7.92. The van der Waals surface area contributed by atoms with Crippen molar-refractivity contribution in [3.8, 4) is 0 Å².